The molecule has 1 N–H and O–H groups in total. The average molecular weight is 260 g/mol. The highest BCUT2D eigenvalue weighted by Crippen LogP contribution is 2.38. The molecule has 0 aliphatic heterocycles. The summed E-state index contributed by atoms with van der Waals surface area (Å²) in [5, 5.41) is 3.83. The van der Waals surface area contributed by atoms with E-state index < -0.39 is 0 Å². The van der Waals surface area contributed by atoms with Crippen LogP contribution in [0.5, 0.6) is 0 Å². The van der Waals surface area contributed by atoms with Gasteiger partial charge in [0.2, 0.25) is 0 Å². The molecule has 2 unspecified atom stereocenters. The zero-order valence-electron chi connectivity index (χ0n) is 12.8. The molecule has 19 heavy (non-hydrogen) atoms. The number of pyridine rings is 1. The van der Waals surface area contributed by atoms with Crippen LogP contribution in [0.1, 0.15) is 65.1 Å². The van der Waals surface area contributed by atoms with Gasteiger partial charge in [0.15, 0.2) is 0 Å². The molecule has 0 saturated heterocycles. The standard InChI is InChI=1S/C17H28N2/c1-13(15-10-7-8-12-18-15)19-16-11-6-5-9-14(16)17(2,3)4/h7-8,10,12-14,16,19H,5-6,9,11H2,1-4H3/t13-,14?,16?/m1/s1. The molecule has 1 aliphatic rings. The Hall–Kier alpha value is -0.890. The van der Waals surface area contributed by atoms with E-state index in [9.17, 15) is 0 Å². The Morgan fingerprint density at radius 3 is 2.58 bits per heavy atom. The van der Waals surface area contributed by atoms with Crippen LogP contribution in [0.15, 0.2) is 24.4 Å². The summed E-state index contributed by atoms with van der Waals surface area (Å²) in [5.74, 6) is 0.771. The Kier molecular flexibility index (Phi) is 4.62. The lowest BCUT2D eigenvalue weighted by Crippen LogP contribution is -2.45. The molecule has 1 saturated carbocycles. The van der Waals surface area contributed by atoms with Gasteiger partial charge in [0, 0.05) is 18.3 Å². The predicted molar refractivity (Wildman–Crippen MR) is 81.0 cm³/mol. The molecule has 2 heteroatoms. The molecule has 0 aromatic carbocycles. The van der Waals surface area contributed by atoms with Crippen LogP contribution in [0.3, 0.4) is 0 Å². The van der Waals surface area contributed by atoms with Gasteiger partial charge >= 0.3 is 0 Å². The Morgan fingerprint density at radius 1 is 1.21 bits per heavy atom. The fourth-order valence-corrected chi connectivity index (χ4v) is 3.41. The molecule has 0 spiro atoms. The summed E-state index contributed by atoms with van der Waals surface area (Å²) in [6.45, 7) is 9.37. The van der Waals surface area contributed by atoms with Crippen LogP contribution in [0.4, 0.5) is 0 Å². The van der Waals surface area contributed by atoms with E-state index in [1.165, 1.54) is 25.7 Å². The van der Waals surface area contributed by atoms with Gasteiger partial charge in [0.1, 0.15) is 0 Å². The topological polar surface area (TPSA) is 24.9 Å². The highest BCUT2D eigenvalue weighted by molar-refractivity contribution is 5.08. The first kappa shape index (κ1) is 14.5. The van der Waals surface area contributed by atoms with Crippen LogP contribution in [0.2, 0.25) is 0 Å². The lowest BCUT2D eigenvalue weighted by Gasteiger charge is -2.42. The number of aromatic nitrogens is 1. The highest BCUT2D eigenvalue weighted by atomic mass is 15.0. The fourth-order valence-electron chi connectivity index (χ4n) is 3.41. The van der Waals surface area contributed by atoms with Crippen LogP contribution in [0, 0.1) is 11.3 Å². The third kappa shape index (κ3) is 3.79. The second-order valence-electron chi connectivity index (χ2n) is 7.01. The fraction of sp³-hybridized carbons (Fsp3) is 0.706. The van der Waals surface area contributed by atoms with E-state index in [0.29, 0.717) is 17.5 Å². The Bertz CT molecular complexity index is 380. The molecule has 1 aliphatic carbocycles. The van der Waals surface area contributed by atoms with Crippen molar-refractivity contribution in [3.8, 4) is 0 Å². The van der Waals surface area contributed by atoms with Crippen molar-refractivity contribution in [3.05, 3.63) is 30.1 Å². The van der Waals surface area contributed by atoms with Gasteiger partial charge in [-0.2, -0.15) is 0 Å². The minimum Gasteiger partial charge on any atom is -0.306 e. The Labute approximate surface area is 118 Å². The molecule has 1 aromatic rings. The Morgan fingerprint density at radius 2 is 1.95 bits per heavy atom. The number of hydrogen-bond acceptors (Lipinski definition) is 2. The normalized spacial score (nSPS) is 26.1. The van der Waals surface area contributed by atoms with Gasteiger partial charge in [-0.1, -0.05) is 39.7 Å². The number of nitrogens with one attached hydrogen (secondary N) is 1. The van der Waals surface area contributed by atoms with E-state index in [0.717, 1.165) is 11.6 Å². The van der Waals surface area contributed by atoms with Crippen LogP contribution in [-0.4, -0.2) is 11.0 Å². The number of hydrogen-bond donors (Lipinski definition) is 1. The zero-order valence-corrected chi connectivity index (χ0v) is 12.8. The first-order valence-corrected chi connectivity index (χ1v) is 7.65. The SMILES string of the molecule is C[C@@H](NC1CCCCC1C(C)(C)C)c1ccccn1. The van der Waals surface area contributed by atoms with Gasteiger partial charge in [0.25, 0.3) is 0 Å². The number of rotatable bonds is 3. The zero-order chi connectivity index (χ0) is 13.9. The summed E-state index contributed by atoms with van der Waals surface area (Å²) in [4.78, 5) is 4.47. The van der Waals surface area contributed by atoms with Crippen LogP contribution in [-0.2, 0) is 0 Å². The van der Waals surface area contributed by atoms with Crippen LogP contribution < -0.4 is 5.32 Å². The first-order valence-electron chi connectivity index (χ1n) is 7.65. The summed E-state index contributed by atoms with van der Waals surface area (Å²) in [6, 6.07) is 7.14. The minimum absolute atomic E-state index is 0.342. The van der Waals surface area contributed by atoms with Gasteiger partial charge in [-0.25, -0.2) is 0 Å². The second-order valence-corrected chi connectivity index (χ2v) is 7.01. The summed E-state index contributed by atoms with van der Waals surface area (Å²) < 4.78 is 0. The third-order valence-electron chi connectivity index (χ3n) is 4.47. The van der Waals surface area contributed by atoms with Crippen molar-refractivity contribution < 1.29 is 0 Å². The van der Waals surface area contributed by atoms with Gasteiger partial charge < -0.3 is 5.32 Å². The predicted octanol–water partition coefficient (Wildman–Crippen LogP) is 4.34. The molecule has 0 amide bonds. The Balaban J connectivity index is 2.04. The molecule has 0 radical (unpaired) electrons. The molecule has 1 fully saturated rings. The average Bonchev–Trinajstić information content (AvgIpc) is 2.39. The molecule has 3 atom stereocenters. The van der Waals surface area contributed by atoms with Gasteiger partial charge in [0.05, 0.1) is 5.69 Å². The van der Waals surface area contributed by atoms with E-state index in [1.807, 2.05) is 12.3 Å². The van der Waals surface area contributed by atoms with Gasteiger partial charge in [-0.15, -0.1) is 0 Å². The highest BCUT2D eigenvalue weighted by Gasteiger charge is 2.34. The molecular formula is C17H28N2. The molecular weight excluding hydrogens is 232 g/mol. The van der Waals surface area contributed by atoms with Crippen LogP contribution in [0.25, 0.3) is 0 Å². The van der Waals surface area contributed by atoms with Crippen molar-refractivity contribution in [2.75, 3.05) is 0 Å². The van der Waals surface area contributed by atoms with Gasteiger partial charge in [-0.05, 0) is 43.2 Å². The largest absolute Gasteiger partial charge is 0.306 e. The molecule has 2 nitrogen and oxygen atoms in total. The van der Waals surface area contributed by atoms with Crippen molar-refractivity contribution >= 4 is 0 Å². The lowest BCUT2D eigenvalue weighted by atomic mass is 9.69. The maximum Gasteiger partial charge on any atom is 0.0570 e. The molecule has 0 bridgehead atoms. The molecule has 2 rings (SSSR count). The van der Waals surface area contributed by atoms with E-state index in [-0.39, 0.29) is 0 Å². The van der Waals surface area contributed by atoms with E-state index in [2.05, 4.69) is 50.1 Å². The first-order chi connectivity index (χ1) is 8.98. The summed E-state index contributed by atoms with van der Waals surface area (Å²) in [7, 11) is 0. The second kappa shape index (κ2) is 6.04. The smallest absolute Gasteiger partial charge is 0.0570 e. The summed E-state index contributed by atoms with van der Waals surface area (Å²) in [5.41, 5.74) is 1.54. The van der Waals surface area contributed by atoms with Crippen molar-refractivity contribution in [3.63, 3.8) is 0 Å². The van der Waals surface area contributed by atoms with Crippen molar-refractivity contribution in [2.24, 2.45) is 11.3 Å². The van der Waals surface area contributed by atoms with Crippen LogP contribution >= 0.6 is 0 Å². The lowest BCUT2D eigenvalue weighted by molar-refractivity contribution is 0.124. The van der Waals surface area contributed by atoms with E-state index >= 15 is 0 Å². The maximum absolute atomic E-state index is 4.47. The van der Waals surface area contributed by atoms with Crippen molar-refractivity contribution in [1.82, 2.24) is 10.3 Å². The number of nitrogens with zero attached hydrogens (tertiary/aromatic N) is 1. The van der Waals surface area contributed by atoms with Crippen molar-refractivity contribution in [2.45, 2.75) is 65.5 Å². The van der Waals surface area contributed by atoms with Gasteiger partial charge in [-0.3, -0.25) is 4.98 Å². The van der Waals surface area contributed by atoms with E-state index in [1.54, 1.807) is 0 Å². The summed E-state index contributed by atoms with van der Waals surface area (Å²) in [6.07, 6.45) is 7.29. The maximum atomic E-state index is 4.47. The minimum atomic E-state index is 0.342. The quantitative estimate of drug-likeness (QED) is 0.874. The van der Waals surface area contributed by atoms with Crippen molar-refractivity contribution in [1.29, 1.82) is 0 Å². The monoisotopic (exact) mass is 260 g/mol. The molecule has 1 heterocycles. The third-order valence-corrected chi connectivity index (χ3v) is 4.47. The molecule has 106 valence electrons. The molecule has 1 aromatic heterocycles. The van der Waals surface area contributed by atoms with E-state index in [4.69, 9.17) is 0 Å². The summed E-state index contributed by atoms with van der Waals surface area (Å²) >= 11 is 0.